The third-order valence-electron chi connectivity index (χ3n) is 4.80. The number of piperidine rings is 1. The summed E-state index contributed by atoms with van der Waals surface area (Å²) >= 11 is 1.79. The molecule has 124 valence electrons. The zero-order chi connectivity index (χ0) is 16.5. The molecule has 0 radical (unpaired) electrons. The molecule has 0 bridgehead atoms. The lowest BCUT2D eigenvalue weighted by Crippen LogP contribution is -2.39. The van der Waals surface area contributed by atoms with Gasteiger partial charge in [-0.3, -0.25) is 14.9 Å². The van der Waals surface area contributed by atoms with Gasteiger partial charge >= 0.3 is 0 Å². The Kier molecular flexibility index (Phi) is 4.31. The van der Waals surface area contributed by atoms with Gasteiger partial charge < -0.3 is 5.73 Å². The Morgan fingerprint density at radius 1 is 1.17 bits per heavy atom. The molecule has 1 saturated heterocycles. The summed E-state index contributed by atoms with van der Waals surface area (Å²) in [5.74, 6) is 0. The van der Waals surface area contributed by atoms with Crippen molar-refractivity contribution in [1.29, 1.82) is 0 Å². The van der Waals surface area contributed by atoms with Crippen LogP contribution in [0.1, 0.15) is 24.1 Å². The van der Waals surface area contributed by atoms with Gasteiger partial charge in [-0.2, -0.15) is 0 Å². The Bertz CT molecular complexity index is 832. The summed E-state index contributed by atoms with van der Waals surface area (Å²) in [5.41, 5.74) is 9.27. The third kappa shape index (κ3) is 3.07. The van der Waals surface area contributed by atoms with E-state index in [-0.39, 0.29) is 0 Å². The maximum atomic E-state index is 5.97. The Hall–Kier alpha value is -1.82. The molecule has 0 spiro atoms. The number of hydrogen-bond acceptors (Lipinski definition) is 5. The lowest BCUT2D eigenvalue weighted by atomic mass is 10.1. The second kappa shape index (κ2) is 6.59. The van der Waals surface area contributed by atoms with Crippen molar-refractivity contribution < 1.29 is 0 Å². The van der Waals surface area contributed by atoms with E-state index < -0.39 is 0 Å². The molecule has 4 rings (SSSR count). The van der Waals surface area contributed by atoms with Crippen LogP contribution in [0.2, 0.25) is 0 Å². The lowest BCUT2D eigenvalue weighted by molar-refractivity contribution is 0.203. The van der Waals surface area contributed by atoms with Crippen LogP contribution in [0.4, 0.5) is 0 Å². The van der Waals surface area contributed by atoms with Crippen LogP contribution in [0.5, 0.6) is 0 Å². The average molecular weight is 338 g/mol. The van der Waals surface area contributed by atoms with Gasteiger partial charge in [-0.15, -0.1) is 11.3 Å². The summed E-state index contributed by atoms with van der Waals surface area (Å²) in [7, 11) is 0. The van der Waals surface area contributed by atoms with Gasteiger partial charge in [0.2, 0.25) is 0 Å². The van der Waals surface area contributed by atoms with Crippen LogP contribution in [0.25, 0.3) is 20.7 Å². The monoisotopic (exact) mass is 338 g/mol. The second-order valence-corrected chi connectivity index (χ2v) is 7.61. The number of thiophene rings is 1. The Balaban J connectivity index is 1.53. The fourth-order valence-corrected chi connectivity index (χ4v) is 4.48. The van der Waals surface area contributed by atoms with Crippen LogP contribution in [0.3, 0.4) is 0 Å². The van der Waals surface area contributed by atoms with E-state index in [1.165, 1.54) is 20.5 Å². The van der Waals surface area contributed by atoms with E-state index in [0.717, 1.165) is 43.9 Å². The van der Waals surface area contributed by atoms with Gasteiger partial charge in [0.05, 0.1) is 28.7 Å². The van der Waals surface area contributed by atoms with Crippen molar-refractivity contribution in [2.75, 3.05) is 13.1 Å². The first-order chi connectivity index (χ1) is 11.7. The summed E-state index contributed by atoms with van der Waals surface area (Å²) in [5, 5.41) is 1.31. The maximum Gasteiger partial charge on any atom is 0.0988 e. The van der Waals surface area contributed by atoms with Crippen molar-refractivity contribution in [1.82, 2.24) is 14.9 Å². The molecule has 0 unspecified atom stereocenters. The summed E-state index contributed by atoms with van der Waals surface area (Å²) in [4.78, 5) is 13.0. The number of nitrogens with zero attached hydrogens (tertiary/aromatic N) is 3. The highest BCUT2D eigenvalue weighted by atomic mass is 32.1. The van der Waals surface area contributed by atoms with Crippen LogP contribution in [-0.4, -0.2) is 34.0 Å². The first kappa shape index (κ1) is 15.7. The number of hydrogen-bond donors (Lipinski definition) is 1. The van der Waals surface area contributed by atoms with Crippen LogP contribution in [-0.2, 0) is 6.54 Å². The molecule has 1 aliphatic heterocycles. The zero-order valence-corrected chi connectivity index (χ0v) is 14.7. The Morgan fingerprint density at radius 2 is 1.96 bits per heavy atom. The van der Waals surface area contributed by atoms with Crippen LogP contribution in [0.15, 0.2) is 36.7 Å². The number of fused-ring (bicyclic) bond motifs is 1. The van der Waals surface area contributed by atoms with E-state index in [0.29, 0.717) is 6.04 Å². The van der Waals surface area contributed by atoms with E-state index in [4.69, 9.17) is 5.73 Å². The number of aryl methyl sites for hydroxylation is 1. The largest absolute Gasteiger partial charge is 0.328 e. The highest BCUT2D eigenvalue weighted by Gasteiger charge is 2.17. The first-order valence-electron chi connectivity index (χ1n) is 8.48. The van der Waals surface area contributed by atoms with Gasteiger partial charge in [0.1, 0.15) is 0 Å². The predicted octanol–water partition coefficient (Wildman–Crippen LogP) is 3.59. The maximum absolute atomic E-state index is 5.97. The zero-order valence-electron chi connectivity index (χ0n) is 13.9. The van der Waals surface area contributed by atoms with Crippen molar-refractivity contribution >= 4 is 21.4 Å². The van der Waals surface area contributed by atoms with Crippen molar-refractivity contribution in [3.63, 3.8) is 0 Å². The molecule has 0 amide bonds. The quantitative estimate of drug-likeness (QED) is 0.793. The second-order valence-electron chi connectivity index (χ2n) is 6.56. The molecule has 0 atom stereocenters. The van der Waals surface area contributed by atoms with Gasteiger partial charge in [-0.1, -0.05) is 18.2 Å². The molecule has 5 heteroatoms. The topological polar surface area (TPSA) is 55.0 Å². The van der Waals surface area contributed by atoms with Gasteiger partial charge in [0.25, 0.3) is 0 Å². The molecular formula is C19H22N4S. The molecule has 1 aliphatic rings. The lowest BCUT2D eigenvalue weighted by Gasteiger charge is -2.29. The molecule has 24 heavy (non-hydrogen) atoms. The van der Waals surface area contributed by atoms with Crippen molar-refractivity contribution in [3.05, 3.63) is 47.9 Å². The van der Waals surface area contributed by atoms with Crippen LogP contribution in [0, 0.1) is 6.92 Å². The van der Waals surface area contributed by atoms with E-state index in [2.05, 4.69) is 46.1 Å². The molecule has 0 aliphatic carbocycles. The molecule has 4 nitrogen and oxygen atoms in total. The SMILES string of the molecule is Cc1c(-c2cnc(CN3CCC(N)CC3)cn2)sc2ccccc12. The van der Waals surface area contributed by atoms with Crippen LogP contribution >= 0.6 is 11.3 Å². The van der Waals surface area contributed by atoms with Crippen LogP contribution < -0.4 is 5.73 Å². The summed E-state index contributed by atoms with van der Waals surface area (Å²) in [6.07, 6.45) is 6.00. The molecule has 1 fully saturated rings. The predicted molar refractivity (Wildman–Crippen MR) is 100 cm³/mol. The molecule has 2 aromatic heterocycles. The Labute approximate surface area is 146 Å². The number of benzene rings is 1. The molecular weight excluding hydrogens is 316 g/mol. The van der Waals surface area contributed by atoms with E-state index in [9.17, 15) is 0 Å². The summed E-state index contributed by atoms with van der Waals surface area (Å²) in [6, 6.07) is 8.88. The van der Waals surface area contributed by atoms with Gasteiger partial charge in [-0.25, -0.2) is 0 Å². The number of aromatic nitrogens is 2. The number of nitrogens with two attached hydrogens (primary N) is 1. The van der Waals surface area contributed by atoms with E-state index >= 15 is 0 Å². The third-order valence-corrected chi connectivity index (χ3v) is 6.09. The molecule has 0 saturated carbocycles. The van der Waals surface area contributed by atoms with Gasteiger partial charge in [-0.05, 0) is 36.8 Å². The number of likely N-dealkylation sites (tertiary alicyclic amines) is 1. The van der Waals surface area contributed by atoms with E-state index in [1.54, 1.807) is 11.3 Å². The molecule has 2 N–H and O–H groups in total. The van der Waals surface area contributed by atoms with Crippen molar-refractivity contribution in [2.24, 2.45) is 5.73 Å². The van der Waals surface area contributed by atoms with Gasteiger partial charge in [0.15, 0.2) is 0 Å². The van der Waals surface area contributed by atoms with Gasteiger partial charge in [0, 0.05) is 30.4 Å². The minimum atomic E-state index is 0.366. The molecule has 3 heterocycles. The minimum Gasteiger partial charge on any atom is -0.328 e. The average Bonchev–Trinajstić information content (AvgIpc) is 2.95. The standard InChI is InChI=1S/C19H22N4S/c1-13-16-4-2-3-5-18(16)24-19(13)17-11-21-15(10-22-17)12-23-8-6-14(20)7-9-23/h2-5,10-11,14H,6-9,12,20H2,1H3. The smallest absolute Gasteiger partial charge is 0.0988 e. The normalized spacial score (nSPS) is 16.8. The highest BCUT2D eigenvalue weighted by molar-refractivity contribution is 7.22. The van der Waals surface area contributed by atoms with E-state index in [1.807, 2.05) is 12.4 Å². The minimum absolute atomic E-state index is 0.366. The summed E-state index contributed by atoms with van der Waals surface area (Å²) < 4.78 is 1.31. The Morgan fingerprint density at radius 3 is 2.67 bits per heavy atom. The summed E-state index contributed by atoms with van der Waals surface area (Å²) in [6.45, 7) is 5.15. The van der Waals surface area contributed by atoms with Crippen molar-refractivity contribution in [3.8, 4) is 10.6 Å². The molecule has 3 aromatic rings. The van der Waals surface area contributed by atoms with Crippen molar-refractivity contribution in [2.45, 2.75) is 32.4 Å². The highest BCUT2D eigenvalue weighted by Crippen LogP contribution is 2.36. The fourth-order valence-electron chi connectivity index (χ4n) is 3.31. The molecule has 1 aromatic carbocycles. The first-order valence-corrected chi connectivity index (χ1v) is 9.30. The number of rotatable bonds is 3. The fraction of sp³-hybridized carbons (Fsp3) is 0.368.